The van der Waals surface area contributed by atoms with Crippen LogP contribution in [0.15, 0.2) is 24.3 Å². The summed E-state index contributed by atoms with van der Waals surface area (Å²) in [7, 11) is 0. The third kappa shape index (κ3) is 4.00. The molecule has 1 aliphatic rings. The van der Waals surface area contributed by atoms with Crippen molar-refractivity contribution in [1.29, 1.82) is 0 Å². The molecular weight excluding hydrogens is 274 g/mol. The summed E-state index contributed by atoms with van der Waals surface area (Å²) >= 11 is 1.13. The van der Waals surface area contributed by atoms with Gasteiger partial charge in [0.25, 0.3) is 0 Å². The molecule has 0 unspecified atom stereocenters. The second-order valence-electron chi connectivity index (χ2n) is 5.60. The summed E-state index contributed by atoms with van der Waals surface area (Å²) in [6.45, 7) is 2.81. The Bertz CT molecular complexity index is 491. The van der Waals surface area contributed by atoms with Crippen LogP contribution in [-0.2, 0) is 22.4 Å². The van der Waals surface area contributed by atoms with Gasteiger partial charge in [0.15, 0.2) is 0 Å². The number of nitrogens with one attached hydrogen (secondary N) is 1. The average molecular weight is 293 g/mol. The first kappa shape index (κ1) is 14.9. The normalized spacial score (nSPS) is 15.7. The van der Waals surface area contributed by atoms with Crippen LogP contribution in [0, 0.1) is 5.41 Å². The Balaban J connectivity index is 1.77. The first-order chi connectivity index (χ1) is 9.48. The van der Waals surface area contributed by atoms with E-state index in [4.69, 9.17) is 5.11 Å². The van der Waals surface area contributed by atoms with Crippen molar-refractivity contribution in [1.82, 2.24) is 5.32 Å². The maximum absolute atomic E-state index is 11.7. The SMILES string of the molecule is CC1(CNC(=O)CSCC(=O)O)Cc2ccccc2C1. The van der Waals surface area contributed by atoms with Gasteiger partial charge in [-0.2, -0.15) is 0 Å². The fraction of sp³-hybridized carbons (Fsp3) is 0.467. The molecule has 1 aromatic carbocycles. The van der Waals surface area contributed by atoms with Gasteiger partial charge in [0.1, 0.15) is 0 Å². The number of hydrogen-bond donors (Lipinski definition) is 2. The maximum Gasteiger partial charge on any atom is 0.313 e. The minimum Gasteiger partial charge on any atom is -0.481 e. The lowest BCUT2D eigenvalue weighted by Gasteiger charge is -2.23. The molecule has 0 saturated carbocycles. The van der Waals surface area contributed by atoms with Crippen molar-refractivity contribution in [2.75, 3.05) is 18.1 Å². The van der Waals surface area contributed by atoms with Crippen molar-refractivity contribution in [3.05, 3.63) is 35.4 Å². The largest absolute Gasteiger partial charge is 0.481 e. The number of amides is 1. The highest BCUT2D eigenvalue weighted by Crippen LogP contribution is 2.35. The molecule has 0 aromatic heterocycles. The van der Waals surface area contributed by atoms with Crippen LogP contribution in [0.1, 0.15) is 18.1 Å². The molecule has 0 aliphatic heterocycles. The fourth-order valence-electron chi connectivity index (χ4n) is 2.60. The molecule has 2 N–H and O–H groups in total. The van der Waals surface area contributed by atoms with Gasteiger partial charge in [-0.15, -0.1) is 11.8 Å². The number of rotatable bonds is 6. The number of aliphatic carboxylic acids is 1. The molecule has 0 radical (unpaired) electrons. The number of hydrogen-bond acceptors (Lipinski definition) is 3. The van der Waals surface area contributed by atoms with Gasteiger partial charge in [0.05, 0.1) is 11.5 Å². The molecule has 0 atom stereocenters. The van der Waals surface area contributed by atoms with Crippen LogP contribution in [0.2, 0.25) is 0 Å². The fourth-order valence-corrected chi connectivity index (χ4v) is 3.17. The first-order valence-electron chi connectivity index (χ1n) is 6.61. The summed E-state index contributed by atoms with van der Waals surface area (Å²) < 4.78 is 0. The smallest absolute Gasteiger partial charge is 0.313 e. The van der Waals surface area contributed by atoms with Crippen LogP contribution in [0.4, 0.5) is 0 Å². The van der Waals surface area contributed by atoms with Gasteiger partial charge in [-0.25, -0.2) is 0 Å². The Hall–Kier alpha value is -1.49. The Morgan fingerprint density at radius 2 is 1.85 bits per heavy atom. The van der Waals surface area contributed by atoms with E-state index in [1.807, 2.05) is 12.1 Å². The number of carboxylic acids is 1. The van der Waals surface area contributed by atoms with E-state index in [0.29, 0.717) is 6.54 Å². The highest BCUT2D eigenvalue weighted by molar-refractivity contribution is 8.00. The van der Waals surface area contributed by atoms with Crippen LogP contribution in [0.3, 0.4) is 0 Å². The zero-order chi connectivity index (χ0) is 14.6. The molecule has 0 heterocycles. The van der Waals surface area contributed by atoms with E-state index >= 15 is 0 Å². The lowest BCUT2D eigenvalue weighted by atomic mass is 9.87. The summed E-state index contributed by atoms with van der Waals surface area (Å²) in [5.74, 6) is -0.805. The Morgan fingerprint density at radius 3 is 2.40 bits per heavy atom. The lowest BCUT2D eigenvalue weighted by molar-refractivity contribution is -0.133. The summed E-state index contributed by atoms with van der Waals surface area (Å²) in [4.78, 5) is 22.0. The van der Waals surface area contributed by atoms with E-state index in [0.717, 1.165) is 24.6 Å². The molecule has 1 aliphatic carbocycles. The molecule has 108 valence electrons. The first-order valence-corrected chi connectivity index (χ1v) is 7.77. The molecule has 0 spiro atoms. The predicted octanol–water partition coefficient (Wildman–Crippen LogP) is 1.73. The highest BCUT2D eigenvalue weighted by Gasteiger charge is 2.32. The van der Waals surface area contributed by atoms with Crippen molar-refractivity contribution in [2.24, 2.45) is 5.41 Å². The number of fused-ring (bicyclic) bond motifs is 1. The molecule has 5 heteroatoms. The zero-order valence-electron chi connectivity index (χ0n) is 11.5. The average Bonchev–Trinajstić information content (AvgIpc) is 2.73. The van der Waals surface area contributed by atoms with E-state index in [1.165, 1.54) is 11.1 Å². The standard InChI is InChI=1S/C15H19NO3S/c1-15(6-11-4-2-3-5-12(11)7-15)10-16-13(17)8-20-9-14(18)19/h2-5H,6-10H2,1H3,(H,16,17)(H,18,19). The molecule has 1 aromatic rings. The number of benzene rings is 1. The van der Waals surface area contributed by atoms with Crippen LogP contribution >= 0.6 is 11.8 Å². The molecule has 0 saturated heterocycles. The minimum atomic E-state index is -0.888. The van der Waals surface area contributed by atoms with Gasteiger partial charge < -0.3 is 10.4 Å². The van der Waals surface area contributed by atoms with Gasteiger partial charge in [-0.05, 0) is 29.4 Å². The third-order valence-corrected chi connectivity index (χ3v) is 4.44. The molecule has 1 amide bonds. The van der Waals surface area contributed by atoms with E-state index < -0.39 is 5.97 Å². The van der Waals surface area contributed by atoms with Crippen LogP contribution < -0.4 is 5.32 Å². The van der Waals surface area contributed by atoms with Gasteiger partial charge in [-0.3, -0.25) is 9.59 Å². The topological polar surface area (TPSA) is 66.4 Å². The molecule has 4 nitrogen and oxygen atoms in total. The number of carbonyl (C=O) groups excluding carboxylic acids is 1. The predicted molar refractivity (Wildman–Crippen MR) is 79.9 cm³/mol. The Labute approximate surface area is 123 Å². The second-order valence-corrected chi connectivity index (χ2v) is 6.58. The van der Waals surface area contributed by atoms with Crippen molar-refractivity contribution >= 4 is 23.6 Å². The van der Waals surface area contributed by atoms with Gasteiger partial charge >= 0.3 is 5.97 Å². The molecule has 0 bridgehead atoms. The maximum atomic E-state index is 11.7. The van der Waals surface area contributed by atoms with Crippen molar-refractivity contribution in [3.8, 4) is 0 Å². The summed E-state index contributed by atoms with van der Waals surface area (Å²) in [5.41, 5.74) is 2.80. The van der Waals surface area contributed by atoms with Crippen molar-refractivity contribution in [3.63, 3.8) is 0 Å². The summed E-state index contributed by atoms with van der Waals surface area (Å²) in [6.07, 6.45) is 1.96. The van der Waals surface area contributed by atoms with Crippen LogP contribution in [0.25, 0.3) is 0 Å². The Morgan fingerprint density at radius 1 is 1.25 bits per heavy atom. The van der Waals surface area contributed by atoms with Crippen molar-refractivity contribution in [2.45, 2.75) is 19.8 Å². The molecule has 0 fully saturated rings. The highest BCUT2D eigenvalue weighted by atomic mass is 32.2. The quantitative estimate of drug-likeness (QED) is 0.838. The summed E-state index contributed by atoms with van der Waals surface area (Å²) in [5, 5.41) is 11.4. The summed E-state index contributed by atoms with van der Waals surface area (Å²) in [6, 6.07) is 8.38. The monoisotopic (exact) mass is 293 g/mol. The number of carbonyl (C=O) groups is 2. The van der Waals surface area contributed by atoms with E-state index in [1.54, 1.807) is 0 Å². The van der Waals surface area contributed by atoms with E-state index in [-0.39, 0.29) is 22.8 Å². The van der Waals surface area contributed by atoms with E-state index in [9.17, 15) is 9.59 Å². The number of carboxylic acid groups (broad SMARTS) is 1. The van der Waals surface area contributed by atoms with E-state index in [2.05, 4.69) is 24.4 Å². The second kappa shape index (κ2) is 6.31. The Kier molecular flexibility index (Phi) is 4.70. The van der Waals surface area contributed by atoms with Crippen LogP contribution in [0.5, 0.6) is 0 Å². The zero-order valence-corrected chi connectivity index (χ0v) is 12.3. The van der Waals surface area contributed by atoms with Gasteiger partial charge in [-0.1, -0.05) is 31.2 Å². The van der Waals surface area contributed by atoms with Gasteiger partial charge in [0, 0.05) is 6.54 Å². The molecule has 2 rings (SSSR count). The lowest BCUT2D eigenvalue weighted by Crippen LogP contribution is -2.37. The molecular formula is C15H19NO3S. The molecule has 20 heavy (non-hydrogen) atoms. The van der Waals surface area contributed by atoms with Gasteiger partial charge in [0.2, 0.25) is 5.91 Å². The minimum absolute atomic E-state index is 0.0316. The van der Waals surface area contributed by atoms with Crippen LogP contribution in [-0.4, -0.2) is 35.0 Å². The third-order valence-electron chi connectivity index (χ3n) is 3.52. The number of thioether (sulfide) groups is 1. The van der Waals surface area contributed by atoms with Crippen molar-refractivity contribution < 1.29 is 14.7 Å².